The summed E-state index contributed by atoms with van der Waals surface area (Å²) >= 11 is 0. The second-order valence-corrected chi connectivity index (χ2v) is 7.39. The molecule has 2 atom stereocenters. The van der Waals surface area contributed by atoms with Gasteiger partial charge in [0.1, 0.15) is 12.7 Å². The fraction of sp³-hybridized carbons (Fsp3) is 0.778. The first-order valence-corrected chi connectivity index (χ1v) is 8.65. The summed E-state index contributed by atoms with van der Waals surface area (Å²) < 4.78 is 11.1. The first-order valence-electron chi connectivity index (χ1n) is 8.65. The van der Waals surface area contributed by atoms with Gasteiger partial charge in [0.25, 0.3) is 0 Å². The maximum absolute atomic E-state index is 11.9. The monoisotopic (exact) mass is 323 g/mol. The Kier molecular flexibility index (Phi) is 6.22. The average Bonchev–Trinajstić information content (AvgIpc) is 2.98. The van der Waals surface area contributed by atoms with Gasteiger partial charge in [0.2, 0.25) is 0 Å². The van der Waals surface area contributed by atoms with Gasteiger partial charge in [-0.25, -0.2) is 0 Å². The minimum Gasteiger partial charge on any atom is -0.461 e. The molecule has 2 rings (SSSR count). The van der Waals surface area contributed by atoms with Gasteiger partial charge >= 0.3 is 11.9 Å². The van der Waals surface area contributed by atoms with Crippen LogP contribution in [0.25, 0.3) is 0 Å². The van der Waals surface area contributed by atoms with Gasteiger partial charge in [-0.2, -0.15) is 0 Å². The molecular formula is C18H29NO4. The summed E-state index contributed by atoms with van der Waals surface area (Å²) in [5.74, 6) is 0.309. The number of ether oxygens (including phenoxy) is 2. The molecule has 0 radical (unpaired) electrons. The number of fused-ring (bicyclic) bond motifs is 1. The molecular weight excluding hydrogens is 294 g/mol. The third-order valence-electron chi connectivity index (χ3n) is 4.25. The molecule has 0 amide bonds. The number of rotatable bonds is 7. The number of carbonyl (C=O) groups is 2. The molecule has 130 valence electrons. The molecule has 5 heteroatoms. The molecule has 2 aliphatic rings. The van der Waals surface area contributed by atoms with Crippen LogP contribution in [-0.4, -0.2) is 48.7 Å². The number of esters is 2. The van der Waals surface area contributed by atoms with Crippen molar-refractivity contribution in [1.29, 1.82) is 0 Å². The smallest absolute Gasteiger partial charge is 0.306 e. The van der Waals surface area contributed by atoms with Crippen LogP contribution in [0.4, 0.5) is 0 Å². The van der Waals surface area contributed by atoms with Crippen LogP contribution in [0.2, 0.25) is 0 Å². The van der Waals surface area contributed by atoms with Gasteiger partial charge in [0.15, 0.2) is 0 Å². The zero-order valence-corrected chi connectivity index (χ0v) is 14.7. The summed E-state index contributed by atoms with van der Waals surface area (Å²) in [7, 11) is 0. The fourth-order valence-electron chi connectivity index (χ4n) is 3.23. The Balaban J connectivity index is 1.87. The fourth-order valence-corrected chi connectivity index (χ4v) is 3.23. The maximum atomic E-state index is 11.9. The van der Waals surface area contributed by atoms with Crippen LogP contribution < -0.4 is 0 Å². The Labute approximate surface area is 139 Å². The van der Waals surface area contributed by atoms with E-state index in [1.165, 1.54) is 0 Å². The quantitative estimate of drug-likeness (QED) is 0.532. The lowest BCUT2D eigenvalue weighted by atomic mass is 10.0. The summed E-state index contributed by atoms with van der Waals surface area (Å²) in [6.45, 7) is 10.1. The third kappa shape index (κ3) is 5.06. The van der Waals surface area contributed by atoms with Gasteiger partial charge < -0.3 is 9.47 Å². The van der Waals surface area contributed by atoms with Crippen LogP contribution in [0.3, 0.4) is 0 Å². The third-order valence-corrected chi connectivity index (χ3v) is 4.25. The molecule has 23 heavy (non-hydrogen) atoms. The van der Waals surface area contributed by atoms with Gasteiger partial charge in [-0.05, 0) is 23.8 Å². The van der Waals surface area contributed by atoms with E-state index >= 15 is 0 Å². The number of hydrogen-bond acceptors (Lipinski definition) is 5. The van der Waals surface area contributed by atoms with Crippen molar-refractivity contribution in [3.63, 3.8) is 0 Å². The number of hydrogen-bond donors (Lipinski definition) is 0. The van der Waals surface area contributed by atoms with Crippen molar-refractivity contribution in [3.8, 4) is 0 Å². The molecule has 2 aliphatic heterocycles. The van der Waals surface area contributed by atoms with Crippen molar-refractivity contribution in [2.75, 3.05) is 19.7 Å². The van der Waals surface area contributed by atoms with Crippen LogP contribution in [0.5, 0.6) is 0 Å². The zero-order valence-electron chi connectivity index (χ0n) is 14.7. The van der Waals surface area contributed by atoms with Gasteiger partial charge in [0.05, 0.1) is 6.04 Å². The molecule has 0 aliphatic carbocycles. The normalized spacial score (nSPS) is 24.0. The second kappa shape index (κ2) is 7.95. The molecule has 0 aromatic rings. The van der Waals surface area contributed by atoms with Crippen LogP contribution >= 0.6 is 0 Å². The number of nitrogens with zero attached hydrogens (tertiary/aromatic N) is 1. The molecule has 0 saturated carbocycles. The summed E-state index contributed by atoms with van der Waals surface area (Å²) in [6.07, 6.45) is 3.74. The van der Waals surface area contributed by atoms with Crippen molar-refractivity contribution < 1.29 is 19.1 Å². The van der Waals surface area contributed by atoms with Gasteiger partial charge in [0, 0.05) is 25.9 Å². The van der Waals surface area contributed by atoms with Crippen LogP contribution in [0, 0.1) is 11.8 Å². The zero-order chi connectivity index (χ0) is 17.0. The van der Waals surface area contributed by atoms with Crippen LogP contribution in [-0.2, 0) is 19.1 Å². The molecule has 0 aromatic heterocycles. The highest BCUT2D eigenvalue weighted by molar-refractivity contribution is 5.70. The molecule has 5 nitrogen and oxygen atoms in total. The van der Waals surface area contributed by atoms with E-state index in [2.05, 4.69) is 11.0 Å². The van der Waals surface area contributed by atoms with E-state index in [1.54, 1.807) is 0 Å². The van der Waals surface area contributed by atoms with Crippen LogP contribution in [0.1, 0.15) is 47.0 Å². The molecule has 0 aromatic carbocycles. The lowest BCUT2D eigenvalue weighted by Gasteiger charge is -2.24. The maximum Gasteiger partial charge on any atom is 0.306 e. The van der Waals surface area contributed by atoms with E-state index in [0.29, 0.717) is 31.3 Å². The SMILES string of the molecule is CC(C)CC(=O)OCC1=CCN2CC[C@@H](OC(=O)CC(C)C)[C@@H]12. The Bertz CT molecular complexity index is 470. The highest BCUT2D eigenvalue weighted by Gasteiger charge is 2.41. The molecule has 2 heterocycles. The van der Waals surface area contributed by atoms with E-state index in [-0.39, 0.29) is 24.1 Å². The van der Waals surface area contributed by atoms with Gasteiger partial charge in [-0.15, -0.1) is 0 Å². The van der Waals surface area contributed by atoms with Crippen molar-refractivity contribution in [2.45, 2.75) is 59.1 Å². The van der Waals surface area contributed by atoms with Crippen molar-refractivity contribution >= 4 is 11.9 Å². The lowest BCUT2D eigenvalue weighted by molar-refractivity contribution is -0.151. The van der Waals surface area contributed by atoms with Gasteiger partial charge in [-0.3, -0.25) is 14.5 Å². The minimum absolute atomic E-state index is 0.0814. The molecule has 1 fully saturated rings. The molecule has 1 saturated heterocycles. The predicted molar refractivity (Wildman–Crippen MR) is 87.8 cm³/mol. The van der Waals surface area contributed by atoms with E-state index < -0.39 is 0 Å². The second-order valence-electron chi connectivity index (χ2n) is 7.39. The topological polar surface area (TPSA) is 55.8 Å². The Morgan fingerprint density at radius 3 is 2.48 bits per heavy atom. The van der Waals surface area contributed by atoms with Crippen molar-refractivity contribution in [3.05, 3.63) is 11.6 Å². The molecule has 0 N–H and O–H groups in total. The summed E-state index contributed by atoms with van der Waals surface area (Å²) in [5, 5.41) is 0. The molecule has 0 unspecified atom stereocenters. The molecule has 0 spiro atoms. The first kappa shape index (κ1) is 18.0. The summed E-state index contributed by atoms with van der Waals surface area (Å²) in [6, 6.07) is 0.0814. The first-order chi connectivity index (χ1) is 10.9. The largest absolute Gasteiger partial charge is 0.461 e. The van der Waals surface area contributed by atoms with Crippen molar-refractivity contribution in [2.24, 2.45) is 11.8 Å². The predicted octanol–water partition coefficient (Wildman–Crippen LogP) is 2.55. The van der Waals surface area contributed by atoms with E-state index in [1.807, 2.05) is 27.7 Å². The van der Waals surface area contributed by atoms with Crippen molar-refractivity contribution in [1.82, 2.24) is 4.90 Å². The van der Waals surface area contributed by atoms with Crippen LogP contribution in [0.15, 0.2) is 11.6 Å². The summed E-state index contributed by atoms with van der Waals surface area (Å²) in [5.41, 5.74) is 1.07. The molecule has 0 bridgehead atoms. The van der Waals surface area contributed by atoms with E-state index in [4.69, 9.17) is 9.47 Å². The van der Waals surface area contributed by atoms with E-state index in [0.717, 1.165) is 25.1 Å². The standard InChI is InChI=1S/C18H29NO4/c1-12(2)9-16(20)22-11-14-5-7-19-8-6-15(18(14)19)23-17(21)10-13(3)4/h5,12-13,15,18H,6-11H2,1-4H3/t15-,18-/m1/s1. The highest BCUT2D eigenvalue weighted by atomic mass is 16.5. The summed E-state index contributed by atoms with van der Waals surface area (Å²) in [4.78, 5) is 26.0. The Morgan fingerprint density at radius 1 is 1.17 bits per heavy atom. The van der Waals surface area contributed by atoms with E-state index in [9.17, 15) is 9.59 Å². The average molecular weight is 323 g/mol. The Hall–Kier alpha value is -1.36. The van der Waals surface area contributed by atoms with Gasteiger partial charge in [-0.1, -0.05) is 33.8 Å². The lowest BCUT2D eigenvalue weighted by Crippen LogP contribution is -2.36. The Morgan fingerprint density at radius 2 is 1.83 bits per heavy atom. The minimum atomic E-state index is -0.161. The highest BCUT2D eigenvalue weighted by Crippen LogP contribution is 2.31. The number of carbonyl (C=O) groups excluding carboxylic acids is 2.